The molecule has 7 aromatic rings. The predicted molar refractivity (Wildman–Crippen MR) is 153 cm³/mol. The van der Waals surface area contributed by atoms with Gasteiger partial charge >= 0.3 is 0 Å². The van der Waals surface area contributed by atoms with E-state index in [9.17, 15) is 0 Å². The van der Waals surface area contributed by atoms with Gasteiger partial charge in [0.05, 0.1) is 12.6 Å². The summed E-state index contributed by atoms with van der Waals surface area (Å²) < 4.78 is 10.9. The van der Waals surface area contributed by atoms with Crippen molar-refractivity contribution in [1.82, 2.24) is 9.55 Å². The van der Waals surface area contributed by atoms with Gasteiger partial charge in [0.15, 0.2) is 16.6 Å². The molecule has 2 heterocycles. The van der Waals surface area contributed by atoms with E-state index in [-0.39, 0.29) is 0 Å². The normalized spacial score (nSPS) is 11.4. The summed E-state index contributed by atoms with van der Waals surface area (Å²) in [6.07, 6.45) is 0. The number of oxazole rings is 1. The molecule has 0 aliphatic carbocycles. The summed E-state index contributed by atoms with van der Waals surface area (Å²) in [6.45, 7) is 2.14. The van der Waals surface area contributed by atoms with Crippen LogP contribution in [-0.2, 0) is 7.05 Å². The molecule has 4 heteroatoms. The van der Waals surface area contributed by atoms with Crippen LogP contribution in [-0.4, -0.2) is 9.55 Å². The molecule has 0 saturated heterocycles. The minimum atomic E-state index is 0.630. The number of rotatable bonds is 4. The van der Waals surface area contributed by atoms with Crippen LogP contribution >= 0.6 is 0 Å². The summed E-state index contributed by atoms with van der Waals surface area (Å²) in [4.78, 5) is 5.03. The monoisotopic (exact) mass is 492 g/mol. The van der Waals surface area contributed by atoms with E-state index in [1.54, 1.807) is 0 Å². The molecular weight excluding hydrogens is 466 g/mol. The summed E-state index contributed by atoms with van der Waals surface area (Å²) in [5.74, 6) is 1.69. The van der Waals surface area contributed by atoms with E-state index in [1.165, 1.54) is 11.1 Å². The highest BCUT2D eigenvalue weighted by Gasteiger charge is 2.30. The van der Waals surface area contributed by atoms with E-state index in [0.29, 0.717) is 5.89 Å². The Morgan fingerprint density at radius 3 is 2.03 bits per heavy atom. The van der Waals surface area contributed by atoms with Gasteiger partial charge in [-0.25, -0.2) is 9.55 Å². The largest absolute Gasteiger partial charge is 0.436 e. The summed E-state index contributed by atoms with van der Waals surface area (Å²) in [5.41, 5.74) is 10.6. The van der Waals surface area contributed by atoms with Crippen molar-refractivity contribution < 1.29 is 8.98 Å². The molecule has 38 heavy (non-hydrogen) atoms. The van der Waals surface area contributed by atoms with Gasteiger partial charge in [0.2, 0.25) is 5.89 Å². The molecule has 7 rings (SSSR count). The smallest absolute Gasteiger partial charge is 0.297 e. The third-order valence-electron chi connectivity index (χ3n) is 7.26. The maximum Gasteiger partial charge on any atom is 0.297 e. The van der Waals surface area contributed by atoms with Crippen molar-refractivity contribution in [3.63, 3.8) is 0 Å². The molecule has 2 aromatic heterocycles. The van der Waals surface area contributed by atoms with Gasteiger partial charge in [0.25, 0.3) is 5.82 Å². The molecule has 0 saturated carbocycles. The van der Waals surface area contributed by atoms with Crippen molar-refractivity contribution in [2.75, 3.05) is 0 Å². The van der Waals surface area contributed by atoms with Crippen molar-refractivity contribution in [1.29, 1.82) is 0 Å². The van der Waals surface area contributed by atoms with Gasteiger partial charge in [-0.2, -0.15) is 4.57 Å². The van der Waals surface area contributed by atoms with Crippen molar-refractivity contribution in [3.8, 4) is 39.7 Å². The summed E-state index contributed by atoms with van der Waals surface area (Å²) >= 11 is 0. The van der Waals surface area contributed by atoms with Crippen LogP contribution in [0.2, 0.25) is 0 Å². The number of benzene rings is 5. The van der Waals surface area contributed by atoms with Crippen molar-refractivity contribution in [2.24, 2.45) is 7.05 Å². The third-order valence-corrected chi connectivity index (χ3v) is 7.26. The summed E-state index contributed by atoms with van der Waals surface area (Å²) in [7, 11) is 2.13. The average Bonchev–Trinajstić information content (AvgIpc) is 3.54. The zero-order chi connectivity index (χ0) is 25.6. The fraction of sp³-hybridized carbons (Fsp3) is 0.0588. The fourth-order valence-corrected chi connectivity index (χ4v) is 5.37. The minimum Gasteiger partial charge on any atom is -0.436 e. The van der Waals surface area contributed by atoms with Gasteiger partial charge < -0.3 is 4.42 Å². The average molecular weight is 493 g/mol. The summed E-state index contributed by atoms with van der Waals surface area (Å²) in [5, 5.41) is 0. The SMILES string of the molecule is Cc1ccc2oc(-c3ccccc3)nc2c1-c1n(-c2ccc(-c3ccccc3)cc2)c2ccccc2[n+]1C. The molecule has 0 unspecified atom stereocenters. The number of hydrogen-bond acceptors (Lipinski definition) is 2. The molecule has 0 bridgehead atoms. The fourth-order valence-electron chi connectivity index (χ4n) is 5.37. The van der Waals surface area contributed by atoms with Crippen LogP contribution in [0.4, 0.5) is 0 Å². The Labute approximate surface area is 221 Å². The lowest BCUT2D eigenvalue weighted by molar-refractivity contribution is -0.633. The predicted octanol–water partition coefficient (Wildman–Crippen LogP) is 7.91. The van der Waals surface area contributed by atoms with Gasteiger partial charge in [-0.05, 0) is 66.1 Å². The molecule has 0 spiro atoms. The first-order valence-electron chi connectivity index (χ1n) is 12.8. The molecule has 4 nitrogen and oxygen atoms in total. The quantitative estimate of drug-likeness (QED) is 0.234. The van der Waals surface area contributed by atoms with Crippen LogP contribution in [0.3, 0.4) is 0 Å². The van der Waals surface area contributed by atoms with Crippen LogP contribution in [0.1, 0.15) is 5.56 Å². The Morgan fingerprint density at radius 1 is 0.658 bits per heavy atom. The van der Waals surface area contributed by atoms with Gasteiger partial charge in [-0.3, -0.25) is 0 Å². The van der Waals surface area contributed by atoms with Crippen LogP contribution in [0, 0.1) is 6.92 Å². The topological polar surface area (TPSA) is 34.8 Å². The second kappa shape index (κ2) is 8.86. The van der Waals surface area contributed by atoms with Crippen molar-refractivity contribution >= 4 is 22.1 Å². The number of para-hydroxylation sites is 2. The molecule has 0 atom stereocenters. The van der Waals surface area contributed by atoms with Crippen LogP contribution in [0.5, 0.6) is 0 Å². The van der Waals surface area contributed by atoms with Gasteiger partial charge in [-0.1, -0.05) is 78.9 Å². The van der Waals surface area contributed by atoms with E-state index in [1.807, 2.05) is 42.5 Å². The molecule has 0 radical (unpaired) electrons. The number of fused-ring (bicyclic) bond motifs is 2. The second-order valence-electron chi connectivity index (χ2n) is 9.61. The number of imidazole rings is 1. The Kier molecular flexibility index (Phi) is 5.19. The van der Waals surface area contributed by atoms with E-state index in [2.05, 4.69) is 102 Å². The third kappa shape index (κ3) is 3.53. The zero-order valence-electron chi connectivity index (χ0n) is 21.3. The van der Waals surface area contributed by atoms with E-state index in [0.717, 1.165) is 50.3 Å². The lowest BCUT2D eigenvalue weighted by Crippen LogP contribution is -2.30. The lowest BCUT2D eigenvalue weighted by Gasteiger charge is -2.08. The lowest BCUT2D eigenvalue weighted by atomic mass is 10.0. The molecule has 0 fully saturated rings. The van der Waals surface area contributed by atoms with Crippen LogP contribution < -0.4 is 4.57 Å². The molecular formula is C34H26N3O+. The number of nitrogens with zero attached hydrogens (tertiary/aromatic N) is 3. The van der Waals surface area contributed by atoms with Gasteiger partial charge in [0.1, 0.15) is 11.2 Å². The first-order chi connectivity index (χ1) is 18.7. The second-order valence-corrected chi connectivity index (χ2v) is 9.61. The number of aryl methyl sites for hydroxylation is 2. The maximum absolute atomic E-state index is 6.27. The van der Waals surface area contributed by atoms with Crippen molar-refractivity contribution in [3.05, 3.63) is 127 Å². The standard InChI is InChI=1S/C34H26N3O/c1-23-17-22-30-32(35-33(38-30)26-13-7-4-8-14-26)31(23)34-36(2)28-15-9-10-16-29(28)37(34)27-20-18-25(19-21-27)24-11-5-3-6-12-24/h3-22H,1-2H3/q+1. The Hall–Kier alpha value is -4.96. The molecule has 0 N–H and O–H groups in total. The molecule has 182 valence electrons. The molecule has 0 aliphatic rings. The highest BCUT2D eigenvalue weighted by Crippen LogP contribution is 2.36. The van der Waals surface area contributed by atoms with Crippen molar-refractivity contribution in [2.45, 2.75) is 6.92 Å². The Balaban J connectivity index is 1.48. The minimum absolute atomic E-state index is 0.630. The Morgan fingerprint density at radius 2 is 1.29 bits per heavy atom. The number of aromatic nitrogens is 3. The van der Waals surface area contributed by atoms with Gasteiger partial charge in [0, 0.05) is 5.56 Å². The highest BCUT2D eigenvalue weighted by atomic mass is 16.3. The van der Waals surface area contributed by atoms with E-state index in [4.69, 9.17) is 9.40 Å². The molecule has 5 aromatic carbocycles. The first-order valence-corrected chi connectivity index (χ1v) is 12.8. The van der Waals surface area contributed by atoms with Crippen LogP contribution in [0.15, 0.2) is 126 Å². The summed E-state index contributed by atoms with van der Waals surface area (Å²) in [6, 6.07) is 42.0. The van der Waals surface area contributed by atoms with E-state index < -0.39 is 0 Å². The maximum atomic E-state index is 6.27. The van der Waals surface area contributed by atoms with E-state index >= 15 is 0 Å². The molecule has 0 aliphatic heterocycles. The first kappa shape index (κ1) is 22.3. The van der Waals surface area contributed by atoms with Crippen LogP contribution in [0.25, 0.3) is 61.8 Å². The zero-order valence-corrected chi connectivity index (χ0v) is 21.3. The Bertz CT molecular complexity index is 1910. The van der Waals surface area contributed by atoms with Gasteiger partial charge in [-0.15, -0.1) is 0 Å². The number of hydrogen-bond donors (Lipinski definition) is 0. The molecule has 0 amide bonds. The highest BCUT2D eigenvalue weighted by molar-refractivity contribution is 5.94.